The maximum absolute atomic E-state index is 14.4. The van der Waals surface area contributed by atoms with Crippen LogP contribution in [0.15, 0.2) is 18.2 Å². The Bertz CT molecular complexity index is 693. The van der Waals surface area contributed by atoms with E-state index in [1.165, 1.54) is 30.2 Å². The van der Waals surface area contributed by atoms with Crippen molar-refractivity contribution in [2.75, 3.05) is 23.3 Å². The number of hydrogen-bond acceptors (Lipinski definition) is 2. The van der Waals surface area contributed by atoms with Crippen LogP contribution in [0.1, 0.15) is 44.9 Å². The number of benzene rings is 1. The van der Waals surface area contributed by atoms with Crippen LogP contribution in [0.25, 0.3) is 0 Å². The fourth-order valence-electron chi connectivity index (χ4n) is 4.61. The van der Waals surface area contributed by atoms with Gasteiger partial charge in [-0.3, -0.25) is 4.79 Å². The number of urea groups is 1. The van der Waals surface area contributed by atoms with E-state index >= 15 is 0 Å². The molecule has 0 bridgehead atoms. The molecule has 2 aliphatic heterocycles. The minimum absolute atomic E-state index is 0.0451. The van der Waals surface area contributed by atoms with E-state index in [2.05, 4.69) is 5.32 Å². The normalized spacial score (nSPS) is 26.0. The molecule has 0 unspecified atom stereocenters. The Labute approximate surface area is 147 Å². The molecule has 2 heterocycles. The van der Waals surface area contributed by atoms with Crippen LogP contribution in [-0.4, -0.2) is 36.0 Å². The maximum atomic E-state index is 14.4. The molecule has 0 radical (unpaired) electrons. The lowest BCUT2D eigenvalue weighted by Crippen LogP contribution is -2.48. The molecular formula is C19H24FN3O2. The summed E-state index contributed by atoms with van der Waals surface area (Å²) < 4.78 is 14.4. The minimum Gasteiger partial charge on any atom is -0.321 e. The average Bonchev–Trinajstić information content (AvgIpc) is 3.23. The monoisotopic (exact) mass is 345 g/mol. The van der Waals surface area contributed by atoms with Crippen LogP contribution < -0.4 is 10.2 Å². The number of anilines is 2. The minimum atomic E-state index is -0.467. The van der Waals surface area contributed by atoms with E-state index in [-0.39, 0.29) is 11.9 Å². The lowest BCUT2D eigenvalue weighted by molar-refractivity contribution is -0.117. The molecule has 1 N–H and O–H groups in total. The van der Waals surface area contributed by atoms with E-state index in [0.717, 1.165) is 25.8 Å². The summed E-state index contributed by atoms with van der Waals surface area (Å²) in [5, 5.41) is 2.84. The molecule has 3 amide bonds. The molecule has 1 aromatic rings. The number of halogens is 1. The van der Waals surface area contributed by atoms with Gasteiger partial charge in [-0.15, -0.1) is 0 Å². The second-order valence-electron chi connectivity index (χ2n) is 7.34. The Morgan fingerprint density at radius 1 is 1.12 bits per heavy atom. The molecular weight excluding hydrogens is 321 g/mol. The summed E-state index contributed by atoms with van der Waals surface area (Å²) in [6.45, 7) is 1.33. The van der Waals surface area contributed by atoms with E-state index in [1.807, 2.05) is 4.90 Å². The van der Waals surface area contributed by atoms with Crippen LogP contribution in [0.3, 0.4) is 0 Å². The molecule has 4 rings (SSSR count). The first-order valence-corrected chi connectivity index (χ1v) is 9.31. The van der Waals surface area contributed by atoms with Crippen molar-refractivity contribution in [1.29, 1.82) is 0 Å². The zero-order valence-electron chi connectivity index (χ0n) is 14.3. The quantitative estimate of drug-likeness (QED) is 0.887. The molecule has 1 saturated carbocycles. The van der Waals surface area contributed by atoms with E-state index < -0.39 is 5.82 Å². The third-order valence-corrected chi connectivity index (χ3v) is 5.82. The number of nitrogens with zero attached hydrogens (tertiary/aromatic N) is 2. The van der Waals surface area contributed by atoms with Crippen LogP contribution in [0.2, 0.25) is 0 Å². The molecule has 5 nitrogen and oxygen atoms in total. The largest absolute Gasteiger partial charge is 0.322 e. The van der Waals surface area contributed by atoms with Gasteiger partial charge >= 0.3 is 6.03 Å². The van der Waals surface area contributed by atoms with Gasteiger partial charge in [0.05, 0.1) is 5.69 Å². The highest BCUT2D eigenvalue weighted by molar-refractivity contribution is 5.96. The maximum Gasteiger partial charge on any atom is 0.322 e. The van der Waals surface area contributed by atoms with E-state index in [4.69, 9.17) is 0 Å². The van der Waals surface area contributed by atoms with Crippen molar-refractivity contribution in [2.45, 2.75) is 51.0 Å². The molecule has 6 heteroatoms. The third kappa shape index (κ3) is 3.10. The molecule has 0 spiro atoms. The number of fused-ring (bicyclic) bond motifs is 1. The van der Waals surface area contributed by atoms with Gasteiger partial charge in [-0.2, -0.15) is 0 Å². The second kappa shape index (κ2) is 6.65. The Morgan fingerprint density at radius 2 is 1.96 bits per heavy atom. The van der Waals surface area contributed by atoms with Gasteiger partial charge in [0.1, 0.15) is 5.82 Å². The topological polar surface area (TPSA) is 52.7 Å². The SMILES string of the molecule is O=C1CCCN1c1ccc(NC(=O)N2CCC[C@H]3CCC[C@H]32)cc1F. The zero-order valence-corrected chi connectivity index (χ0v) is 14.3. The predicted molar refractivity (Wildman–Crippen MR) is 94.1 cm³/mol. The molecule has 1 aliphatic carbocycles. The van der Waals surface area contributed by atoms with Crippen LogP contribution in [-0.2, 0) is 4.79 Å². The number of hydrogen-bond donors (Lipinski definition) is 1. The second-order valence-corrected chi connectivity index (χ2v) is 7.34. The average molecular weight is 345 g/mol. The summed E-state index contributed by atoms with van der Waals surface area (Å²) >= 11 is 0. The fourth-order valence-corrected chi connectivity index (χ4v) is 4.61. The van der Waals surface area contributed by atoms with Gasteiger partial charge in [-0.05, 0) is 56.2 Å². The van der Waals surface area contributed by atoms with Gasteiger partial charge in [0.2, 0.25) is 5.91 Å². The molecule has 2 atom stereocenters. The van der Waals surface area contributed by atoms with Crippen molar-refractivity contribution in [1.82, 2.24) is 4.90 Å². The number of nitrogens with one attached hydrogen (secondary N) is 1. The smallest absolute Gasteiger partial charge is 0.321 e. The highest BCUT2D eigenvalue weighted by Crippen LogP contribution is 2.37. The van der Waals surface area contributed by atoms with Gasteiger partial charge in [-0.1, -0.05) is 6.42 Å². The lowest BCUT2D eigenvalue weighted by atomic mass is 9.92. The molecule has 3 aliphatic rings. The van der Waals surface area contributed by atoms with Crippen LogP contribution in [0.4, 0.5) is 20.6 Å². The summed E-state index contributed by atoms with van der Waals surface area (Å²) in [4.78, 5) is 27.8. The Hall–Kier alpha value is -2.11. The van der Waals surface area contributed by atoms with E-state index in [0.29, 0.717) is 36.3 Å². The highest BCUT2D eigenvalue weighted by Gasteiger charge is 2.37. The van der Waals surface area contributed by atoms with Crippen molar-refractivity contribution in [3.63, 3.8) is 0 Å². The van der Waals surface area contributed by atoms with Gasteiger partial charge in [-0.25, -0.2) is 9.18 Å². The summed E-state index contributed by atoms with van der Waals surface area (Å²) in [6.07, 6.45) is 6.95. The molecule has 25 heavy (non-hydrogen) atoms. The predicted octanol–water partition coefficient (Wildman–Crippen LogP) is 3.75. The number of likely N-dealkylation sites (tertiary alicyclic amines) is 1. The molecule has 0 aromatic heterocycles. The summed E-state index contributed by atoms with van der Waals surface area (Å²) in [5.74, 6) is 0.113. The van der Waals surface area contributed by atoms with E-state index in [9.17, 15) is 14.0 Å². The van der Waals surface area contributed by atoms with Crippen molar-refractivity contribution in [3.05, 3.63) is 24.0 Å². The number of carbonyl (C=O) groups excluding carboxylic acids is 2. The Kier molecular flexibility index (Phi) is 4.36. The Morgan fingerprint density at radius 3 is 2.72 bits per heavy atom. The number of carbonyl (C=O) groups is 2. The molecule has 2 saturated heterocycles. The first-order chi connectivity index (χ1) is 12.1. The Balaban J connectivity index is 1.46. The van der Waals surface area contributed by atoms with Crippen LogP contribution >= 0.6 is 0 Å². The van der Waals surface area contributed by atoms with Crippen molar-refractivity contribution < 1.29 is 14.0 Å². The van der Waals surface area contributed by atoms with Gasteiger partial charge in [0.25, 0.3) is 0 Å². The number of rotatable bonds is 2. The summed E-state index contributed by atoms with van der Waals surface area (Å²) in [5.41, 5.74) is 0.743. The third-order valence-electron chi connectivity index (χ3n) is 5.82. The summed E-state index contributed by atoms with van der Waals surface area (Å²) in [7, 11) is 0. The van der Waals surface area contributed by atoms with E-state index in [1.54, 1.807) is 12.1 Å². The first kappa shape index (κ1) is 16.4. The van der Waals surface area contributed by atoms with Gasteiger partial charge in [0, 0.05) is 31.2 Å². The molecule has 3 fully saturated rings. The highest BCUT2D eigenvalue weighted by atomic mass is 19.1. The first-order valence-electron chi connectivity index (χ1n) is 9.31. The van der Waals surface area contributed by atoms with Crippen molar-refractivity contribution in [3.8, 4) is 0 Å². The standard InChI is InChI=1S/C19H24FN3O2/c20-15-12-14(8-9-17(15)22-10-3-7-18(22)24)21-19(25)23-11-2-5-13-4-1-6-16(13)23/h8-9,12-13,16H,1-7,10-11H2,(H,21,25)/t13-,16-/m1/s1. The number of amides is 3. The van der Waals surface area contributed by atoms with Crippen LogP contribution in [0.5, 0.6) is 0 Å². The molecule has 134 valence electrons. The molecule has 1 aromatic carbocycles. The van der Waals surface area contributed by atoms with Crippen molar-refractivity contribution >= 4 is 23.3 Å². The lowest BCUT2D eigenvalue weighted by Gasteiger charge is -2.37. The van der Waals surface area contributed by atoms with Crippen LogP contribution in [0, 0.1) is 11.7 Å². The van der Waals surface area contributed by atoms with Gasteiger partial charge < -0.3 is 15.1 Å². The zero-order chi connectivity index (χ0) is 17.4. The summed E-state index contributed by atoms with van der Waals surface area (Å²) in [6, 6.07) is 4.77. The van der Waals surface area contributed by atoms with Crippen molar-refractivity contribution in [2.24, 2.45) is 5.92 Å². The van der Waals surface area contributed by atoms with Gasteiger partial charge in [0.15, 0.2) is 0 Å². The fraction of sp³-hybridized carbons (Fsp3) is 0.579. The number of piperidine rings is 1.